The van der Waals surface area contributed by atoms with Crippen molar-refractivity contribution in [3.63, 3.8) is 0 Å². The van der Waals surface area contributed by atoms with E-state index in [0.29, 0.717) is 5.70 Å². The van der Waals surface area contributed by atoms with Gasteiger partial charge in [0, 0.05) is 29.4 Å². The molecule has 0 aliphatic carbocycles. The number of aromatic nitrogens is 1. The molecule has 0 atom stereocenters. The number of rotatable bonds is 9. The van der Waals surface area contributed by atoms with Gasteiger partial charge in [0.1, 0.15) is 0 Å². The summed E-state index contributed by atoms with van der Waals surface area (Å²) in [5, 5.41) is 8.13. The van der Waals surface area contributed by atoms with Crippen molar-refractivity contribution in [3.8, 4) is 16.9 Å². The molecule has 0 saturated heterocycles. The second-order valence-electron chi connectivity index (χ2n) is 12.9. The van der Waals surface area contributed by atoms with Gasteiger partial charge in [0.15, 0.2) is 0 Å². The lowest BCUT2D eigenvalue weighted by atomic mass is 9.91. The number of nitrogens with two attached hydrogens (primary N) is 1. The molecular weight excluding hydrogens is 619 g/mol. The van der Waals surface area contributed by atoms with E-state index in [-0.39, 0.29) is 0 Å². The van der Waals surface area contributed by atoms with Crippen LogP contribution >= 0.6 is 0 Å². The lowest BCUT2D eigenvalue weighted by Crippen LogP contribution is -2.08. The van der Waals surface area contributed by atoms with Crippen LogP contribution in [-0.2, 0) is 0 Å². The molecule has 0 unspecified atom stereocenters. The lowest BCUT2D eigenvalue weighted by molar-refractivity contribution is 0.977. The summed E-state index contributed by atoms with van der Waals surface area (Å²) in [6.45, 7) is 15.9. The van der Waals surface area contributed by atoms with Gasteiger partial charge in [-0.3, -0.25) is 0 Å². The zero-order chi connectivity index (χ0) is 35.5. The average Bonchev–Trinajstić information content (AvgIpc) is 3.43. The van der Waals surface area contributed by atoms with Crippen LogP contribution in [0.25, 0.3) is 67.5 Å². The van der Waals surface area contributed by atoms with Crippen LogP contribution in [0.3, 0.4) is 0 Å². The predicted molar refractivity (Wildman–Crippen MR) is 222 cm³/mol. The minimum Gasteiger partial charge on any atom is -0.398 e. The van der Waals surface area contributed by atoms with Crippen molar-refractivity contribution in [1.82, 2.24) is 9.88 Å². The van der Waals surface area contributed by atoms with Gasteiger partial charge in [-0.1, -0.05) is 135 Å². The van der Waals surface area contributed by atoms with Crippen molar-refractivity contribution >= 4 is 50.5 Å². The molecule has 0 fully saturated rings. The van der Waals surface area contributed by atoms with Crippen molar-refractivity contribution in [1.29, 1.82) is 0 Å². The van der Waals surface area contributed by atoms with Gasteiger partial charge < -0.3 is 15.6 Å². The molecule has 1 aliphatic heterocycles. The Labute approximate surface area is 301 Å². The summed E-state index contributed by atoms with van der Waals surface area (Å²) in [5.41, 5.74) is 20.6. The monoisotopic (exact) mass is 661 g/mol. The van der Waals surface area contributed by atoms with E-state index in [4.69, 9.17) is 5.73 Å². The van der Waals surface area contributed by atoms with Crippen LogP contribution in [0, 0.1) is 13.8 Å². The molecule has 6 aromatic rings. The van der Waals surface area contributed by atoms with Crippen LogP contribution in [-0.4, -0.2) is 11.1 Å². The number of nitrogens with zero attached hydrogens (tertiary/aromatic N) is 1. The molecule has 0 amide bonds. The van der Waals surface area contributed by atoms with Gasteiger partial charge in [-0.15, -0.1) is 0 Å². The predicted octanol–water partition coefficient (Wildman–Crippen LogP) is 11.8. The van der Waals surface area contributed by atoms with Crippen molar-refractivity contribution in [3.05, 3.63) is 192 Å². The highest BCUT2D eigenvalue weighted by Gasteiger charge is 2.23. The second-order valence-corrected chi connectivity index (χ2v) is 12.9. The Balaban J connectivity index is 1.50. The lowest BCUT2D eigenvalue weighted by Gasteiger charge is -2.19. The Kier molecular flexibility index (Phi) is 9.28. The third-order valence-corrected chi connectivity index (χ3v) is 9.95. The second kappa shape index (κ2) is 14.3. The maximum Gasteiger partial charge on any atom is 0.0572 e. The number of hydrogen-bond donors (Lipinski definition) is 2. The highest BCUT2D eigenvalue weighted by Crippen LogP contribution is 2.41. The van der Waals surface area contributed by atoms with Crippen LogP contribution in [0.4, 0.5) is 0 Å². The van der Waals surface area contributed by atoms with E-state index in [2.05, 4.69) is 158 Å². The topological polar surface area (TPSA) is 43.0 Å². The average molecular weight is 662 g/mol. The van der Waals surface area contributed by atoms with Crippen molar-refractivity contribution in [2.75, 3.05) is 6.54 Å². The van der Waals surface area contributed by atoms with Crippen molar-refractivity contribution in [2.24, 2.45) is 5.73 Å². The molecule has 3 N–H and O–H groups in total. The summed E-state index contributed by atoms with van der Waals surface area (Å²) in [7, 11) is 0. The Morgan fingerprint density at radius 1 is 0.824 bits per heavy atom. The van der Waals surface area contributed by atoms with E-state index in [1.165, 1.54) is 43.8 Å². The number of benzene rings is 5. The normalized spacial score (nSPS) is 13.5. The number of nitrogens with one attached hydrogen (secondary N) is 1. The van der Waals surface area contributed by atoms with Crippen LogP contribution in [0.15, 0.2) is 153 Å². The zero-order valence-electron chi connectivity index (χ0n) is 29.6. The first kappa shape index (κ1) is 33.2. The number of hydrogen-bond acceptors (Lipinski definition) is 2. The van der Waals surface area contributed by atoms with Crippen molar-refractivity contribution < 1.29 is 0 Å². The van der Waals surface area contributed by atoms with Gasteiger partial charge in [0.2, 0.25) is 0 Å². The first-order valence-electron chi connectivity index (χ1n) is 17.5. The fourth-order valence-electron chi connectivity index (χ4n) is 7.23. The number of dihydropyridines is 1. The molecule has 0 saturated carbocycles. The molecule has 1 aromatic heterocycles. The van der Waals surface area contributed by atoms with Crippen molar-refractivity contribution in [2.45, 2.75) is 20.8 Å². The summed E-state index contributed by atoms with van der Waals surface area (Å²) in [4.78, 5) is 0. The molecule has 51 heavy (non-hydrogen) atoms. The summed E-state index contributed by atoms with van der Waals surface area (Å²) in [6.07, 6.45) is 18.6. The van der Waals surface area contributed by atoms with Gasteiger partial charge in [0.25, 0.3) is 0 Å². The minimum atomic E-state index is 0.713. The van der Waals surface area contributed by atoms with Crippen LogP contribution in [0.2, 0.25) is 0 Å². The molecule has 250 valence electrons. The minimum absolute atomic E-state index is 0.713. The van der Waals surface area contributed by atoms with E-state index >= 15 is 0 Å². The Hall–Kier alpha value is -6.32. The fourth-order valence-corrected chi connectivity index (χ4v) is 7.23. The molecule has 2 heterocycles. The molecule has 0 spiro atoms. The van der Waals surface area contributed by atoms with Gasteiger partial charge in [-0.05, 0) is 106 Å². The fraction of sp³-hybridized carbons (Fsp3) is 0.0833. The van der Waals surface area contributed by atoms with Gasteiger partial charge in [0.05, 0.1) is 17.1 Å². The Bertz CT molecular complexity index is 2490. The SMILES string of the molecule is C=C/C(=C\c1c(C)c(C)c(-c2ccc(/C(N)=C/C=C\C)cc2C=C)n1-c1cccc2ccccc12)c1ccc(C2=CNCC=C2)c2ccccc12. The maximum absolute atomic E-state index is 6.49. The largest absolute Gasteiger partial charge is 0.398 e. The summed E-state index contributed by atoms with van der Waals surface area (Å²) < 4.78 is 2.43. The molecular formula is C48H43N3. The third-order valence-electron chi connectivity index (χ3n) is 9.95. The van der Waals surface area contributed by atoms with Gasteiger partial charge in [-0.25, -0.2) is 0 Å². The quantitative estimate of drug-likeness (QED) is 0.151. The van der Waals surface area contributed by atoms with Gasteiger partial charge >= 0.3 is 0 Å². The Morgan fingerprint density at radius 3 is 2.31 bits per heavy atom. The maximum atomic E-state index is 6.49. The van der Waals surface area contributed by atoms with Crippen LogP contribution in [0.1, 0.15) is 46.0 Å². The molecule has 0 radical (unpaired) electrons. The first-order valence-corrected chi connectivity index (χ1v) is 17.5. The smallest absolute Gasteiger partial charge is 0.0572 e. The number of fused-ring (bicyclic) bond motifs is 2. The summed E-state index contributed by atoms with van der Waals surface area (Å²) >= 11 is 0. The number of allylic oxidation sites excluding steroid dienone is 7. The zero-order valence-corrected chi connectivity index (χ0v) is 29.6. The van der Waals surface area contributed by atoms with Crippen LogP contribution < -0.4 is 11.1 Å². The Morgan fingerprint density at radius 2 is 1.57 bits per heavy atom. The molecule has 3 heteroatoms. The molecule has 3 nitrogen and oxygen atoms in total. The van der Waals surface area contributed by atoms with E-state index in [1.807, 2.05) is 37.3 Å². The van der Waals surface area contributed by atoms with Gasteiger partial charge in [-0.2, -0.15) is 0 Å². The highest BCUT2D eigenvalue weighted by molar-refractivity contribution is 6.06. The molecule has 0 bridgehead atoms. The molecule has 5 aromatic carbocycles. The summed E-state index contributed by atoms with van der Waals surface area (Å²) in [6, 6.07) is 34.7. The standard InChI is InChI=1S/C48H43N3/c1-6-9-22-45(49)37-24-25-42(34(7-2)29-37)48-33(5)32(4)47(51(48)46-23-14-17-36-16-10-11-19-41(36)46)30-35(8-3)39-26-27-40(38-18-15-28-50-31-38)44-21-13-12-20-43(39)44/h6-27,29-31,50H,2-3,28,49H2,1,4-5H3/b9-6-,35-30+,45-22-. The van der Waals surface area contributed by atoms with Crippen LogP contribution in [0.5, 0.6) is 0 Å². The summed E-state index contributed by atoms with van der Waals surface area (Å²) in [5.74, 6) is 0. The highest BCUT2D eigenvalue weighted by atomic mass is 15.0. The third kappa shape index (κ3) is 6.08. The van der Waals surface area contributed by atoms with E-state index in [9.17, 15) is 0 Å². The van der Waals surface area contributed by atoms with E-state index in [0.717, 1.165) is 51.4 Å². The van der Waals surface area contributed by atoms with E-state index < -0.39 is 0 Å². The van der Waals surface area contributed by atoms with E-state index in [1.54, 1.807) is 0 Å². The first-order chi connectivity index (χ1) is 24.9. The molecule has 1 aliphatic rings. The molecule has 7 rings (SSSR count).